The molecule has 8 aromatic carbocycles. The van der Waals surface area contributed by atoms with Crippen LogP contribution in [0, 0.1) is 0 Å². The molecule has 5 heteroatoms. The second-order valence-corrected chi connectivity index (χ2v) is 11.8. The molecule has 0 aliphatic carbocycles. The van der Waals surface area contributed by atoms with Crippen LogP contribution >= 0.6 is 0 Å². The Balaban J connectivity index is 1.37. The van der Waals surface area contributed by atoms with E-state index in [0.29, 0.717) is 16.0 Å². The van der Waals surface area contributed by atoms with Crippen LogP contribution in [0.5, 0.6) is 0 Å². The molecule has 0 unspecified atom stereocenters. The average molecular weight is 743 g/mol. The maximum absolute atomic E-state index is 9.94. The van der Waals surface area contributed by atoms with Crippen LogP contribution in [0.15, 0.2) is 210 Å². The van der Waals surface area contributed by atoms with Crippen LogP contribution in [-0.2, 0) is 0 Å². The third-order valence-electron chi connectivity index (χ3n) is 8.38. The number of nitrogens with zero attached hydrogens (tertiary/aromatic N) is 4. The average Bonchev–Trinajstić information content (AvgIpc) is 4.00. The van der Waals surface area contributed by atoms with Crippen molar-refractivity contribution >= 4 is 39.0 Å². The molecule has 0 amide bonds. The molecule has 2 aromatic heterocycles. The number of hydrogen-bond donors (Lipinski definition) is 0. The van der Waals surface area contributed by atoms with E-state index in [1.54, 1.807) is 60.7 Å². The first-order valence-electron chi connectivity index (χ1n) is 28.7. The standard InChI is InChI=1S/C51H34N4O/c1-5-15-35(16-6-1)37-27-29-41(30-28-37)55(42-24-13-23-40(33-42)36-17-7-2-8-18-36)43-31-32-44-47(34-43)56-46-26-14-25-45(48(44)46)51-53-49(38-19-9-3-10-20-38)52-50(54-51)39-21-11-4-12-22-39/h1-34H/i1D,2D,5D,6D,7D,8D,13D,14D,15D,16D,17D,18D,23D,24D,25D,26D,27D,28D,29D,30D,31D,32D,33D,34D. The smallest absolute Gasteiger partial charge is 0.164 e. The van der Waals surface area contributed by atoms with Crippen molar-refractivity contribution in [3.8, 4) is 56.4 Å². The van der Waals surface area contributed by atoms with E-state index in [1.165, 1.54) is 0 Å². The number of benzene rings is 8. The summed E-state index contributed by atoms with van der Waals surface area (Å²) < 4.78 is 223. The van der Waals surface area contributed by atoms with Crippen molar-refractivity contribution in [2.45, 2.75) is 0 Å². The van der Waals surface area contributed by atoms with Gasteiger partial charge >= 0.3 is 0 Å². The molecule has 0 atom stereocenters. The monoisotopic (exact) mass is 742 g/mol. The van der Waals surface area contributed by atoms with Gasteiger partial charge in [0.2, 0.25) is 0 Å². The van der Waals surface area contributed by atoms with Crippen LogP contribution in [0.1, 0.15) is 32.9 Å². The highest BCUT2D eigenvalue weighted by molar-refractivity contribution is 6.12. The number of aromatic nitrogens is 3. The van der Waals surface area contributed by atoms with E-state index >= 15 is 0 Å². The molecule has 0 N–H and O–H groups in total. The lowest BCUT2D eigenvalue weighted by atomic mass is 10.0. The largest absolute Gasteiger partial charge is 0.456 e. The van der Waals surface area contributed by atoms with E-state index in [2.05, 4.69) is 4.98 Å². The van der Waals surface area contributed by atoms with Gasteiger partial charge in [0.1, 0.15) is 11.2 Å². The van der Waals surface area contributed by atoms with Crippen LogP contribution in [0.3, 0.4) is 0 Å². The first-order valence-corrected chi connectivity index (χ1v) is 16.7. The Morgan fingerprint density at radius 2 is 0.929 bits per heavy atom. The van der Waals surface area contributed by atoms with Crippen molar-refractivity contribution in [1.29, 1.82) is 0 Å². The molecule has 5 nitrogen and oxygen atoms in total. The number of rotatable bonds is 8. The SMILES string of the molecule is [2H]c1c([2H])c([2H])c(-c2c([2H])c([2H])c(N(c3c([2H])c([2H])c([2H])c(-c4c([2H])c([2H])c([2H])c([2H])c4[2H])c3[2H])c3c([2H])c([2H])c4c(oc5c([2H])c([2H])c([2H])c(-c6nc(-c7ccccc7)nc(-c7ccccc7)n6)c54)c3[2H])c([2H])c2[2H])c([2H])c1[2H]. The van der Waals surface area contributed by atoms with Crippen molar-refractivity contribution in [2.24, 2.45) is 0 Å². The first kappa shape index (κ1) is 16.4. The zero-order valence-electron chi connectivity index (χ0n) is 52.5. The Morgan fingerprint density at radius 3 is 1.59 bits per heavy atom. The summed E-state index contributed by atoms with van der Waals surface area (Å²) in [6.07, 6.45) is 0. The summed E-state index contributed by atoms with van der Waals surface area (Å²) in [5, 5.41) is -0.778. The van der Waals surface area contributed by atoms with Gasteiger partial charge in [-0.25, -0.2) is 15.0 Å². The first-order chi connectivity index (χ1) is 37.8. The maximum atomic E-state index is 9.94. The van der Waals surface area contributed by atoms with Crippen LogP contribution in [0.25, 0.3) is 78.4 Å². The summed E-state index contributed by atoms with van der Waals surface area (Å²) in [4.78, 5) is 14.5. The number of hydrogen-bond acceptors (Lipinski definition) is 5. The molecule has 10 aromatic rings. The molecule has 0 radical (unpaired) electrons. The third kappa shape index (κ3) is 6.27. The van der Waals surface area contributed by atoms with E-state index in [9.17, 15) is 13.7 Å². The van der Waals surface area contributed by atoms with Crippen LogP contribution in [-0.4, -0.2) is 15.0 Å². The topological polar surface area (TPSA) is 55.1 Å². The minimum absolute atomic E-state index is 0.0908. The zero-order valence-corrected chi connectivity index (χ0v) is 28.5. The molecule has 0 aliphatic rings. The Morgan fingerprint density at radius 1 is 0.393 bits per heavy atom. The minimum atomic E-state index is -1.20. The normalized spacial score (nSPS) is 17.2. The number of furan rings is 1. The molecule has 56 heavy (non-hydrogen) atoms. The molecule has 0 spiro atoms. The van der Waals surface area contributed by atoms with E-state index in [-0.39, 0.29) is 28.4 Å². The van der Waals surface area contributed by atoms with Crippen LogP contribution in [0.2, 0.25) is 0 Å². The fraction of sp³-hybridized carbons (Fsp3) is 0. The van der Waals surface area contributed by atoms with E-state index in [0.717, 1.165) is 0 Å². The lowest BCUT2D eigenvalue weighted by Gasteiger charge is -2.26. The zero-order chi connectivity index (χ0) is 58.1. The molecule has 0 fully saturated rings. The molecule has 2 heterocycles. The van der Waals surface area contributed by atoms with E-state index in [4.69, 9.17) is 33.6 Å². The summed E-state index contributed by atoms with van der Waals surface area (Å²) in [5.74, 6) is -0.0905. The van der Waals surface area contributed by atoms with Gasteiger partial charge in [-0.15, -0.1) is 0 Å². The maximum Gasteiger partial charge on any atom is 0.164 e. The summed E-state index contributed by atoms with van der Waals surface area (Å²) in [6, 6.07) is -6.33. The quantitative estimate of drug-likeness (QED) is 0.155. The van der Waals surface area contributed by atoms with Crippen molar-refractivity contribution < 1.29 is 37.3 Å². The highest BCUT2D eigenvalue weighted by atomic mass is 16.3. The molecule has 0 saturated heterocycles. The molecule has 0 bridgehead atoms. The fourth-order valence-corrected chi connectivity index (χ4v) is 5.84. The van der Waals surface area contributed by atoms with Gasteiger partial charge in [-0.05, 0) is 64.6 Å². The van der Waals surface area contributed by atoms with Gasteiger partial charge in [-0.2, -0.15) is 0 Å². The number of fused-ring (bicyclic) bond motifs is 3. The highest BCUT2D eigenvalue weighted by Crippen LogP contribution is 2.42. The molecular formula is C51H34N4O. The Kier molecular flexibility index (Phi) is 4.19. The van der Waals surface area contributed by atoms with Crippen LogP contribution in [0.4, 0.5) is 17.1 Å². The van der Waals surface area contributed by atoms with Gasteiger partial charge in [0.15, 0.2) is 17.5 Å². The summed E-state index contributed by atoms with van der Waals surface area (Å²) in [7, 11) is 0. The minimum Gasteiger partial charge on any atom is -0.456 e. The lowest BCUT2D eigenvalue weighted by molar-refractivity contribution is 0.669. The summed E-state index contributed by atoms with van der Waals surface area (Å²) >= 11 is 0. The van der Waals surface area contributed by atoms with Crippen molar-refractivity contribution in [2.75, 3.05) is 4.90 Å². The lowest BCUT2D eigenvalue weighted by Crippen LogP contribution is -2.10. The third-order valence-corrected chi connectivity index (χ3v) is 8.38. The van der Waals surface area contributed by atoms with Gasteiger partial charge in [0.25, 0.3) is 0 Å². The Labute approximate surface area is 358 Å². The fourth-order valence-electron chi connectivity index (χ4n) is 5.84. The van der Waals surface area contributed by atoms with Crippen molar-refractivity contribution in [3.63, 3.8) is 0 Å². The predicted molar refractivity (Wildman–Crippen MR) is 229 cm³/mol. The van der Waals surface area contributed by atoms with E-state index in [1.807, 2.05) is 0 Å². The van der Waals surface area contributed by atoms with Crippen LogP contribution < -0.4 is 4.90 Å². The highest BCUT2D eigenvalue weighted by Gasteiger charge is 2.20. The molecule has 10 rings (SSSR count). The van der Waals surface area contributed by atoms with Crippen molar-refractivity contribution in [1.82, 2.24) is 15.0 Å². The molecular weight excluding hydrogens is 685 g/mol. The predicted octanol–water partition coefficient (Wildman–Crippen LogP) is 13.6. The molecule has 0 saturated carbocycles. The number of anilines is 3. The Bertz CT molecular complexity index is 4220. The van der Waals surface area contributed by atoms with E-state index < -0.39 is 201 Å². The molecule has 0 aliphatic heterocycles. The molecule has 264 valence electrons. The van der Waals surface area contributed by atoms with Gasteiger partial charge in [-0.1, -0.05) is 157 Å². The summed E-state index contributed by atoms with van der Waals surface area (Å²) in [5.41, 5.74) is -7.09. The second-order valence-electron chi connectivity index (χ2n) is 11.8. The van der Waals surface area contributed by atoms with Gasteiger partial charge in [0, 0.05) is 50.6 Å². The summed E-state index contributed by atoms with van der Waals surface area (Å²) in [6.45, 7) is 0. The van der Waals surface area contributed by atoms with Gasteiger partial charge in [0.05, 0.1) is 32.9 Å². The second kappa shape index (κ2) is 14.3. The Hall–Kier alpha value is -7.63. The van der Waals surface area contributed by atoms with Crippen molar-refractivity contribution in [3.05, 3.63) is 206 Å². The van der Waals surface area contributed by atoms with Gasteiger partial charge < -0.3 is 9.32 Å². The van der Waals surface area contributed by atoms with Gasteiger partial charge in [-0.3, -0.25) is 0 Å².